The Kier molecular flexibility index (Phi) is 5.51. The van der Waals surface area contributed by atoms with Crippen LogP contribution in [0.3, 0.4) is 0 Å². The normalized spacial score (nSPS) is 12.5. The lowest BCUT2D eigenvalue weighted by molar-refractivity contribution is -0.144. The van der Waals surface area contributed by atoms with Gasteiger partial charge in [0.2, 0.25) is 10.0 Å². The quantitative estimate of drug-likeness (QED) is 0.829. The highest BCUT2D eigenvalue weighted by Gasteiger charge is 2.25. The number of rotatable bonds is 5. The van der Waals surface area contributed by atoms with Crippen molar-refractivity contribution < 1.29 is 17.9 Å². The molecule has 0 saturated carbocycles. The number of nitriles is 1. The molecule has 0 bridgehead atoms. The van der Waals surface area contributed by atoms with Gasteiger partial charge in [-0.1, -0.05) is 11.6 Å². The van der Waals surface area contributed by atoms with Crippen molar-refractivity contribution in [2.45, 2.75) is 24.8 Å². The van der Waals surface area contributed by atoms with Gasteiger partial charge < -0.3 is 4.74 Å². The molecular weight excluding hydrogens is 304 g/mol. The van der Waals surface area contributed by atoms with Gasteiger partial charge in [0, 0.05) is 5.02 Å². The smallest absolute Gasteiger partial charge is 0.323 e. The minimum Gasteiger partial charge on any atom is -0.465 e. The minimum atomic E-state index is -4.05. The maximum absolute atomic E-state index is 12.2. The van der Waals surface area contributed by atoms with Crippen LogP contribution in [0.4, 0.5) is 0 Å². The lowest BCUT2D eigenvalue weighted by Crippen LogP contribution is -2.39. The molecule has 0 aromatic heterocycles. The summed E-state index contributed by atoms with van der Waals surface area (Å²) in [4.78, 5) is 11.2. The van der Waals surface area contributed by atoms with E-state index in [1.807, 2.05) is 0 Å². The monoisotopic (exact) mass is 316 g/mol. The standard InChI is InChI=1S/C12H13ClN2O4S/c1-3-19-12(16)8(2)15-20(17,18)11-6-10(13)5-4-9(11)7-14/h4-6,8,15H,3H2,1-2H3. The molecule has 1 atom stereocenters. The zero-order chi connectivity index (χ0) is 15.3. The van der Waals surface area contributed by atoms with Crippen molar-refractivity contribution in [1.82, 2.24) is 4.72 Å². The number of carbonyl (C=O) groups is 1. The second-order valence-electron chi connectivity index (χ2n) is 3.85. The predicted molar refractivity (Wildman–Crippen MR) is 72.6 cm³/mol. The first-order valence-electron chi connectivity index (χ1n) is 5.70. The lowest BCUT2D eigenvalue weighted by atomic mass is 10.2. The van der Waals surface area contributed by atoms with Crippen LogP contribution in [0.25, 0.3) is 0 Å². The Balaban J connectivity index is 3.09. The van der Waals surface area contributed by atoms with Crippen LogP contribution in [0.2, 0.25) is 5.02 Å². The molecule has 1 aromatic rings. The summed E-state index contributed by atoms with van der Waals surface area (Å²) in [5, 5.41) is 9.10. The Bertz CT molecular complexity index is 652. The van der Waals surface area contributed by atoms with Gasteiger partial charge in [-0.3, -0.25) is 4.79 Å². The van der Waals surface area contributed by atoms with Crippen LogP contribution >= 0.6 is 11.6 Å². The van der Waals surface area contributed by atoms with E-state index < -0.39 is 22.0 Å². The lowest BCUT2D eigenvalue weighted by Gasteiger charge is -2.13. The highest BCUT2D eigenvalue weighted by Crippen LogP contribution is 2.20. The van der Waals surface area contributed by atoms with E-state index in [2.05, 4.69) is 4.72 Å². The number of benzene rings is 1. The van der Waals surface area contributed by atoms with Crippen LogP contribution < -0.4 is 4.72 Å². The number of sulfonamides is 1. The number of nitrogens with one attached hydrogen (secondary N) is 1. The molecule has 20 heavy (non-hydrogen) atoms. The highest BCUT2D eigenvalue weighted by molar-refractivity contribution is 7.89. The van der Waals surface area contributed by atoms with Crippen molar-refractivity contribution in [1.29, 1.82) is 5.26 Å². The molecule has 1 N–H and O–H groups in total. The Morgan fingerprint density at radius 3 is 2.75 bits per heavy atom. The van der Waals surface area contributed by atoms with E-state index in [0.29, 0.717) is 0 Å². The Morgan fingerprint density at radius 2 is 2.20 bits per heavy atom. The van der Waals surface area contributed by atoms with Crippen molar-refractivity contribution in [2.24, 2.45) is 0 Å². The number of nitrogens with zero attached hydrogens (tertiary/aromatic N) is 1. The van der Waals surface area contributed by atoms with E-state index in [0.717, 1.165) is 6.07 Å². The molecule has 0 amide bonds. The molecule has 8 heteroatoms. The Morgan fingerprint density at radius 1 is 1.55 bits per heavy atom. The molecule has 0 aliphatic rings. The first-order valence-corrected chi connectivity index (χ1v) is 7.56. The number of esters is 1. The Labute approximate surface area is 122 Å². The maximum Gasteiger partial charge on any atom is 0.323 e. The van der Waals surface area contributed by atoms with E-state index >= 15 is 0 Å². The molecule has 6 nitrogen and oxygen atoms in total. The van der Waals surface area contributed by atoms with Crippen LogP contribution in [0, 0.1) is 11.3 Å². The van der Waals surface area contributed by atoms with Gasteiger partial charge in [-0.25, -0.2) is 8.42 Å². The van der Waals surface area contributed by atoms with Crippen LogP contribution in [-0.2, 0) is 19.6 Å². The summed E-state index contributed by atoms with van der Waals surface area (Å²) in [5.74, 6) is -0.698. The molecule has 1 unspecified atom stereocenters. The van der Waals surface area contributed by atoms with Gasteiger partial charge in [-0.15, -0.1) is 0 Å². The molecule has 0 saturated heterocycles. The number of hydrogen-bond donors (Lipinski definition) is 1. The summed E-state index contributed by atoms with van der Waals surface area (Å²) in [6.45, 7) is 3.11. The first kappa shape index (κ1) is 16.4. The average molecular weight is 317 g/mol. The predicted octanol–water partition coefficient (Wildman–Crippen LogP) is 1.44. The summed E-state index contributed by atoms with van der Waals surface area (Å²) in [6, 6.07) is 4.56. The van der Waals surface area contributed by atoms with Crippen LogP contribution in [-0.4, -0.2) is 27.0 Å². The fraction of sp³-hybridized carbons (Fsp3) is 0.333. The first-order chi connectivity index (χ1) is 9.31. The molecule has 1 aromatic carbocycles. The van der Waals surface area contributed by atoms with Crippen LogP contribution in [0.5, 0.6) is 0 Å². The maximum atomic E-state index is 12.2. The fourth-order valence-corrected chi connectivity index (χ4v) is 3.03. The van der Waals surface area contributed by atoms with Gasteiger partial charge in [0.25, 0.3) is 0 Å². The summed E-state index contributed by atoms with van der Waals surface area (Å²) >= 11 is 5.74. The summed E-state index contributed by atoms with van der Waals surface area (Å²) in [6.07, 6.45) is 0. The molecule has 0 aliphatic heterocycles. The van der Waals surface area contributed by atoms with E-state index in [1.54, 1.807) is 13.0 Å². The van der Waals surface area contributed by atoms with Crippen molar-refractivity contribution in [3.05, 3.63) is 28.8 Å². The SMILES string of the molecule is CCOC(=O)C(C)NS(=O)(=O)c1cc(Cl)ccc1C#N. The van der Waals surface area contributed by atoms with Gasteiger partial charge in [-0.05, 0) is 32.0 Å². The van der Waals surface area contributed by atoms with Crippen molar-refractivity contribution in [3.8, 4) is 6.07 Å². The summed E-state index contributed by atoms with van der Waals surface area (Å²) in [7, 11) is -4.05. The molecule has 0 aliphatic carbocycles. The van der Waals surface area contributed by atoms with E-state index in [9.17, 15) is 13.2 Å². The minimum absolute atomic E-state index is 0.0574. The van der Waals surface area contributed by atoms with Crippen molar-refractivity contribution in [2.75, 3.05) is 6.61 Å². The van der Waals surface area contributed by atoms with Gasteiger partial charge in [-0.2, -0.15) is 9.98 Å². The second kappa shape index (κ2) is 6.70. The van der Waals surface area contributed by atoms with Gasteiger partial charge in [0.15, 0.2) is 0 Å². The number of carbonyl (C=O) groups excluding carboxylic acids is 1. The van der Waals surface area contributed by atoms with Gasteiger partial charge in [0.05, 0.1) is 12.2 Å². The molecule has 0 fully saturated rings. The van der Waals surface area contributed by atoms with Gasteiger partial charge >= 0.3 is 5.97 Å². The number of hydrogen-bond acceptors (Lipinski definition) is 5. The fourth-order valence-electron chi connectivity index (χ4n) is 1.42. The summed E-state index contributed by atoms with van der Waals surface area (Å²) in [5.41, 5.74) is -0.0574. The summed E-state index contributed by atoms with van der Waals surface area (Å²) < 4.78 is 31.2. The van der Waals surface area contributed by atoms with Crippen LogP contribution in [0.1, 0.15) is 19.4 Å². The molecule has 1 rings (SSSR count). The van der Waals surface area contributed by atoms with Crippen LogP contribution in [0.15, 0.2) is 23.1 Å². The van der Waals surface area contributed by atoms with Gasteiger partial charge in [0.1, 0.15) is 17.0 Å². The molecular formula is C12H13ClN2O4S. The topological polar surface area (TPSA) is 96.3 Å². The molecule has 0 heterocycles. The van der Waals surface area contributed by atoms with E-state index in [4.69, 9.17) is 21.6 Å². The Hall–Kier alpha value is -1.62. The molecule has 0 spiro atoms. The van der Waals surface area contributed by atoms with E-state index in [1.165, 1.54) is 19.1 Å². The van der Waals surface area contributed by atoms with Crippen molar-refractivity contribution >= 4 is 27.6 Å². The molecule has 108 valence electrons. The highest BCUT2D eigenvalue weighted by atomic mass is 35.5. The van der Waals surface area contributed by atoms with E-state index in [-0.39, 0.29) is 22.1 Å². The zero-order valence-corrected chi connectivity index (χ0v) is 12.5. The third kappa shape index (κ3) is 3.93. The third-order valence-electron chi connectivity index (χ3n) is 2.33. The van der Waals surface area contributed by atoms with Crippen molar-refractivity contribution in [3.63, 3.8) is 0 Å². The average Bonchev–Trinajstić information content (AvgIpc) is 2.38. The zero-order valence-electron chi connectivity index (χ0n) is 10.9. The second-order valence-corrected chi connectivity index (χ2v) is 5.97. The number of halogens is 1. The third-order valence-corrected chi connectivity index (χ3v) is 4.14. The number of ether oxygens (including phenoxy) is 1. The molecule has 0 radical (unpaired) electrons. The largest absolute Gasteiger partial charge is 0.465 e.